The summed E-state index contributed by atoms with van der Waals surface area (Å²) in [6, 6.07) is 13.4. The van der Waals surface area contributed by atoms with Crippen molar-refractivity contribution in [1.82, 2.24) is 0 Å². The minimum absolute atomic E-state index is 0.255. The Kier molecular flexibility index (Phi) is 3.39. The molecule has 2 aromatic carbocycles. The van der Waals surface area contributed by atoms with E-state index in [9.17, 15) is 8.42 Å². The van der Waals surface area contributed by atoms with Gasteiger partial charge < -0.3 is 4.74 Å². The number of hydrogen-bond acceptors (Lipinski definition) is 3. The smallest absolute Gasteiger partial charge is 0.206 e. The van der Waals surface area contributed by atoms with Crippen LogP contribution in [0.4, 0.5) is 0 Å². The van der Waals surface area contributed by atoms with Crippen molar-refractivity contribution in [1.29, 1.82) is 0 Å². The number of aryl methyl sites for hydroxylation is 1. The molecule has 18 heavy (non-hydrogen) atoms. The third-order valence-corrected chi connectivity index (χ3v) is 4.37. The van der Waals surface area contributed by atoms with Crippen molar-refractivity contribution in [3.8, 4) is 5.75 Å². The summed E-state index contributed by atoms with van der Waals surface area (Å²) in [5.74, 6) is 0.546. The molecule has 0 radical (unpaired) electrons. The fraction of sp³-hybridized carbons (Fsp3) is 0.143. The van der Waals surface area contributed by atoms with Crippen LogP contribution in [-0.2, 0) is 9.84 Å². The maximum absolute atomic E-state index is 12.4. The lowest BCUT2D eigenvalue weighted by Crippen LogP contribution is -2.02. The van der Waals surface area contributed by atoms with Gasteiger partial charge in [-0.2, -0.15) is 0 Å². The van der Waals surface area contributed by atoms with Crippen LogP contribution in [0.3, 0.4) is 0 Å². The van der Waals surface area contributed by atoms with E-state index in [-0.39, 0.29) is 9.79 Å². The van der Waals surface area contributed by atoms with Crippen LogP contribution in [0.2, 0.25) is 0 Å². The molecule has 0 bridgehead atoms. The van der Waals surface area contributed by atoms with Gasteiger partial charge in [-0.15, -0.1) is 0 Å². The van der Waals surface area contributed by atoms with Crippen LogP contribution < -0.4 is 4.74 Å². The standard InChI is InChI=1S/C14H14O3S/c1-11-8-12(17-2)10-14(9-11)18(15,16)13-6-4-3-5-7-13/h3-10H,1-2H3. The molecule has 0 unspecified atom stereocenters. The molecule has 0 spiro atoms. The van der Waals surface area contributed by atoms with E-state index in [0.29, 0.717) is 5.75 Å². The number of rotatable bonds is 3. The highest BCUT2D eigenvalue weighted by Crippen LogP contribution is 2.25. The van der Waals surface area contributed by atoms with E-state index >= 15 is 0 Å². The van der Waals surface area contributed by atoms with E-state index in [1.54, 1.807) is 42.5 Å². The van der Waals surface area contributed by atoms with Crippen molar-refractivity contribution in [3.63, 3.8) is 0 Å². The Morgan fingerprint density at radius 1 is 0.944 bits per heavy atom. The second-order valence-electron chi connectivity index (χ2n) is 4.00. The van der Waals surface area contributed by atoms with Crippen molar-refractivity contribution >= 4 is 9.84 Å². The van der Waals surface area contributed by atoms with Gasteiger partial charge in [0, 0.05) is 0 Å². The first-order valence-electron chi connectivity index (χ1n) is 5.50. The third kappa shape index (κ3) is 2.38. The summed E-state index contributed by atoms with van der Waals surface area (Å²) in [4.78, 5) is 0.545. The van der Waals surface area contributed by atoms with E-state index < -0.39 is 9.84 Å². The first-order valence-corrected chi connectivity index (χ1v) is 6.98. The van der Waals surface area contributed by atoms with Gasteiger partial charge in [0.25, 0.3) is 0 Å². The number of methoxy groups -OCH3 is 1. The Balaban J connectivity index is 2.58. The predicted octanol–water partition coefficient (Wildman–Crippen LogP) is 2.84. The topological polar surface area (TPSA) is 43.4 Å². The minimum Gasteiger partial charge on any atom is -0.497 e. The van der Waals surface area contributed by atoms with Gasteiger partial charge in [-0.05, 0) is 42.8 Å². The van der Waals surface area contributed by atoms with Crippen LogP contribution in [0, 0.1) is 6.92 Å². The number of benzene rings is 2. The molecule has 2 rings (SSSR count). The fourth-order valence-corrected chi connectivity index (χ4v) is 3.12. The number of sulfone groups is 1. The third-order valence-electron chi connectivity index (χ3n) is 2.62. The van der Waals surface area contributed by atoms with E-state index in [0.717, 1.165) is 5.56 Å². The van der Waals surface area contributed by atoms with Gasteiger partial charge in [0.05, 0.1) is 16.9 Å². The summed E-state index contributed by atoms with van der Waals surface area (Å²) in [7, 11) is -1.95. The van der Waals surface area contributed by atoms with Gasteiger partial charge >= 0.3 is 0 Å². The Morgan fingerprint density at radius 2 is 1.61 bits per heavy atom. The van der Waals surface area contributed by atoms with Gasteiger partial charge in [-0.25, -0.2) is 8.42 Å². The van der Waals surface area contributed by atoms with Crippen LogP contribution in [-0.4, -0.2) is 15.5 Å². The molecule has 0 heterocycles. The quantitative estimate of drug-likeness (QED) is 0.854. The van der Waals surface area contributed by atoms with E-state index in [1.165, 1.54) is 13.2 Å². The molecule has 0 amide bonds. The van der Waals surface area contributed by atoms with Crippen LogP contribution in [0.25, 0.3) is 0 Å². The molecule has 2 aromatic rings. The zero-order valence-corrected chi connectivity index (χ0v) is 11.1. The van der Waals surface area contributed by atoms with Gasteiger partial charge in [0.1, 0.15) is 5.75 Å². The zero-order chi connectivity index (χ0) is 13.2. The fourth-order valence-electron chi connectivity index (χ4n) is 1.72. The Labute approximate surface area is 107 Å². The van der Waals surface area contributed by atoms with Crippen molar-refractivity contribution in [2.45, 2.75) is 16.7 Å². The molecule has 0 saturated heterocycles. The molecular weight excluding hydrogens is 248 g/mol. The zero-order valence-electron chi connectivity index (χ0n) is 10.3. The van der Waals surface area contributed by atoms with Crippen molar-refractivity contribution in [2.24, 2.45) is 0 Å². The van der Waals surface area contributed by atoms with Crippen LogP contribution >= 0.6 is 0 Å². The molecule has 3 nitrogen and oxygen atoms in total. The minimum atomic E-state index is -3.47. The number of hydrogen-bond donors (Lipinski definition) is 0. The average molecular weight is 262 g/mol. The van der Waals surface area contributed by atoms with E-state index in [1.807, 2.05) is 6.92 Å². The van der Waals surface area contributed by atoms with Gasteiger partial charge in [0.2, 0.25) is 9.84 Å². The first-order chi connectivity index (χ1) is 8.54. The highest BCUT2D eigenvalue weighted by Gasteiger charge is 2.18. The SMILES string of the molecule is COc1cc(C)cc(S(=O)(=O)c2ccccc2)c1. The molecule has 0 fully saturated rings. The molecular formula is C14H14O3S. The second kappa shape index (κ2) is 4.82. The summed E-state index contributed by atoms with van der Waals surface area (Å²) in [5, 5.41) is 0. The lowest BCUT2D eigenvalue weighted by Gasteiger charge is -2.08. The van der Waals surface area contributed by atoms with Crippen LogP contribution in [0.1, 0.15) is 5.56 Å². The highest BCUT2D eigenvalue weighted by atomic mass is 32.2. The lowest BCUT2D eigenvalue weighted by molar-refractivity contribution is 0.413. The summed E-state index contributed by atoms with van der Waals surface area (Å²) < 4.78 is 29.9. The molecule has 0 saturated carbocycles. The molecule has 4 heteroatoms. The molecule has 0 N–H and O–H groups in total. The van der Waals surface area contributed by atoms with Gasteiger partial charge in [-0.1, -0.05) is 18.2 Å². The second-order valence-corrected chi connectivity index (χ2v) is 5.95. The molecule has 0 aliphatic rings. The lowest BCUT2D eigenvalue weighted by atomic mass is 10.2. The highest BCUT2D eigenvalue weighted by molar-refractivity contribution is 7.91. The maximum atomic E-state index is 12.4. The predicted molar refractivity (Wildman–Crippen MR) is 69.6 cm³/mol. The Morgan fingerprint density at radius 3 is 2.22 bits per heavy atom. The monoisotopic (exact) mass is 262 g/mol. The summed E-state index contributed by atoms with van der Waals surface area (Å²) >= 11 is 0. The van der Waals surface area contributed by atoms with Crippen molar-refractivity contribution in [3.05, 3.63) is 54.1 Å². The number of ether oxygens (including phenoxy) is 1. The normalized spacial score (nSPS) is 11.2. The van der Waals surface area contributed by atoms with Crippen LogP contribution in [0.5, 0.6) is 5.75 Å². The largest absolute Gasteiger partial charge is 0.497 e. The van der Waals surface area contributed by atoms with Crippen molar-refractivity contribution in [2.75, 3.05) is 7.11 Å². The average Bonchev–Trinajstić information content (AvgIpc) is 2.39. The maximum Gasteiger partial charge on any atom is 0.206 e. The van der Waals surface area contributed by atoms with Gasteiger partial charge in [-0.3, -0.25) is 0 Å². The van der Waals surface area contributed by atoms with Gasteiger partial charge in [0.15, 0.2) is 0 Å². The molecule has 94 valence electrons. The van der Waals surface area contributed by atoms with E-state index in [4.69, 9.17) is 4.74 Å². The summed E-state index contributed by atoms with van der Waals surface area (Å²) in [5.41, 5.74) is 0.851. The van der Waals surface area contributed by atoms with E-state index in [2.05, 4.69) is 0 Å². The molecule has 0 aliphatic carbocycles. The first kappa shape index (κ1) is 12.6. The van der Waals surface area contributed by atoms with Crippen LogP contribution in [0.15, 0.2) is 58.3 Å². The Bertz CT molecular complexity index is 646. The van der Waals surface area contributed by atoms with Crippen molar-refractivity contribution < 1.29 is 13.2 Å². The summed E-state index contributed by atoms with van der Waals surface area (Å²) in [6.45, 7) is 1.84. The Hall–Kier alpha value is -1.81. The molecule has 0 atom stereocenters. The molecule has 0 aliphatic heterocycles. The summed E-state index contributed by atoms with van der Waals surface area (Å²) in [6.07, 6.45) is 0. The molecule has 0 aromatic heterocycles.